The van der Waals surface area contributed by atoms with Crippen molar-refractivity contribution in [1.29, 1.82) is 0 Å². The maximum absolute atomic E-state index is 12.8. The molecule has 2 aromatic carbocycles. The summed E-state index contributed by atoms with van der Waals surface area (Å²) in [7, 11) is 0. The van der Waals surface area contributed by atoms with E-state index in [0.29, 0.717) is 28.6 Å². The molecular formula is C25H25Br2NO6. The van der Waals surface area contributed by atoms with E-state index >= 15 is 0 Å². The molecule has 0 aliphatic carbocycles. The topological polar surface area (TPSA) is 94.8 Å². The lowest BCUT2D eigenvalue weighted by molar-refractivity contribution is -0.136. The van der Waals surface area contributed by atoms with Gasteiger partial charge in [0.2, 0.25) is 0 Å². The van der Waals surface area contributed by atoms with Gasteiger partial charge in [0, 0.05) is 27.2 Å². The Hall–Kier alpha value is -2.65. The number of alkyl halides is 2. The van der Waals surface area contributed by atoms with Crippen molar-refractivity contribution in [2.75, 3.05) is 5.33 Å². The van der Waals surface area contributed by atoms with Crippen LogP contribution < -0.4 is 15.7 Å². The fraction of sp³-hybridized carbons (Fsp3) is 0.320. The van der Waals surface area contributed by atoms with Gasteiger partial charge in [0.15, 0.2) is 0 Å². The average Bonchev–Trinajstić information content (AvgIpc) is 2.81. The number of fused-ring (bicyclic) bond motifs is 1. The number of aryl methyl sites for hydroxylation is 2. The molecule has 0 aliphatic heterocycles. The van der Waals surface area contributed by atoms with Crippen molar-refractivity contribution in [2.24, 2.45) is 0 Å². The number of benzene rings is 2. The second-order valence-corrected chi connectivity index (χ2v) is 9.86. The molecule has 0 aliphatic rings. The number of ether oxygens (including phenoxy) is 2. The number of rotatable bonds is 8. The van der Waals surface area contributed by atoms with E-state index in [9.17, 15) is 14.4 Å². The summed E-state index contributed by atoms with van der Waals surface area (Å²) >= 11 is 7.04. The van der Waals surface area contributed by atoms with Crippen LogP contribution in [0.4, 0.5) is 4.79 Å². The van der Waals surface area contributed by atoms with Crippen molar-refractivity contribution in [3.05, 3.63) is 75.1 Å². The molecule has 1 N–H and O–H groups in total. The normalized spacial score (nSPS) is 12.7. The van der Waals surface area contributed by atoms with Gasteiger partial charge in [-0.25, -0.2) is 14.4 Å². The van der Waals surface area contributed by atoms with E-state index in [1.807, 2.05) is 43.3 Å². The summed E-state index contributed by atoms with van der Waals surface area (Å²) < 4.78 is 16.3. The van der Waals surface area contributed by atoms with Crippen LogP contribution in [0, 0.1) is 13.8 Å². The average molecular weight is 595 g/mol. The molecule has 7 nitrogen and oxygen atoms in total. The summed E-state index contributed by atoms with van der Waals surface area (Å²) in [5.41, 5.74) is 2.80. The SMILES string of the molecule is Cc1cc(=O)oc2c(C)c(OC(=O)[C@@H](C)NC(=O)OCc3ccccc3)c(CC(Br)CBr)cc12. The van der Waals surface area contributed by atoms with Crippen LogP contribution in [0.3, 0.4) is 0 Å². The minimum atomic E-state index is -0.966. The van der Waals surface area contributed by atoms with Crippen molar-refractivity contribution in [2.45, 2.75) is 44.7 Å². The molecular weight excluding hydrogens is 570 g/mol. The minimum absolute atomic E-state index is 0.0833. The third kappa shape index (κ3) is 6.48. The molecule has 0 spiro atoms. The summed E-state index contributed by atoms with van der Waals surface area (Å²) in [5, 5.41) is 3.95. The number of alkyl carbamates (subject to hydrolysis) is 1. The van der Waals surface area contributed by atoms with Gasteiger partial charge in [-0.15, -0.1) is 0 Å². The van der Waals surface area contributed by atoms with Gasteiger partial charge < -0.3 is 19.2 Å². The molecule has 1 aromatic heterocycles. The third-order valence-electron chi connectivity index (χ3n) is 5.21. The van der Waals surface area contributed by atoms with Crippen molar-refractivity contribution in [3.63, 3.8) is 0 Å². The van der Waals surface area contributed by atoms with Gasteiger partial charge in [0.1, 0.15) is 24.0 Å². The lowest BCUT2D eigenvalue weighted by Crippen LogP contribution is -2.41. The Morgan fingerprint density at radius 1 is 1.15 bits per heavy atom. The highest BCUT2D eigenvalue weighted by Gasteiger charge is 2.24. The molecule has 1 amide bonds. The molecule has 9 heteroatoms. The second-order valence-electron chi connectivity index (χ2n) is 7.92. The number of esters is 1. The first-order valence-electron chi connectivity index (χ1n) is 10.7. The Kier molecular flexibility index (Phi) is 8.90. The number of nitrogens with one attached hydrogen (secondary N) is 1. The van der Waals surface area contributed by atoms with Gasteiger partial charge in [-0.3, -0.25) is 0 Å². The Morgan fingerprint density at radius 2 is 1.85 bits per heavy atom. The quantitative estimate of drug-likeness (QED) is 0.164. The van der Waals surface area contributed by atoms with E-state index in [0.717, 1.165) is 22.1 Å². The largest absolute Gasteiger partial charge is 0.445 e. The zero-order valence-electron chi connectivity index (χ0n) is 19.0. The second kappa shape index (κ2) is 11.7. The van der Waals surface area contributed by atoms with E-state index in [1.165, 1.54) is 13.0 Å². The molecule has 3 aromatic rings. The third-order valence-corrected chi connectivity index (χ3v) is 7.51. The molecule has 0 radical (unpaired) electrons. The zero-order valence-corrected chi connectivity index (χ0v) is 22.2. The van der Waals surface area contributed by atoms with Gasteiger partial charge in [0.05, 0.1) is 0 Å². The number of hydrogen-bond acceptors (Lipinski definition) is 6. The maximum Gasteiger partial charge on any atom is 0.408 e. The maximum atomic E-state index is 12.8. The van der Waals surface area contributed by atoms with E-state index in [2.05, 4.69) is 37.2 Å². The van der Waals surface area contributed by atoms with E-state index < -0.39 is 23.7 Å². The molecule has 0 saturated carbocycles. The molecule has 2 atom stereocenters. The first-order valence-corrected chi connectivity index (χ1v) is 12.7. The van der Waals surface area contributed by atoms with Crippen LogP contribution in [0.25, 0.3) is 11.0 Å². The van der Waals surface area contributed by atoms with Gasteiger partial charge in [-0.1, -0.05) is 62.2 Å². The van der Waals surface area contributed by atoms with E-state index in [4.69, 9.17) is 13.9 Å². The van der Waals surface area contributed by atoms with Gasteiger partial charge in [-0.05, 0) is 49.9 Å². The highest BCUT2D eigenvalue weighted by atomic mass is 79.9. The first kappa shape index (κ1) is 26.0. The summed E-state index contributed by atoms with van der Waals surface area (Å²) in [5.74, 6) is -0.358. The summed E-state index contributed by atoms with van der Waals surface area (Å²) in [6.07, 6.45) is -0.172. The molecule has 3 rings (SSSR count). The highest BCUT2D eigenvalue weighted by molar-refractivity contribution is 9.12. The molecule has 1 heterocycles. The number of halogens is 2. The lowest BCUT2D eigenvalue weighted by atomic mass is 9.99. The fourth-order valence-electron chi connectivity index (χ4n) is 3.44. The van der Waals surface area contributed by atoms with E-state index in [1.54, 1.807) is 6.92 Å². The van der Waals surface area contributed by atoms with Crippen molar-refractivity contribution >= 4 is 54.9 Å². The fourth-order valence-corrected chi connectivity index (χ4v) is 4.01. The predicted molar refractivity (Wildman–Crippen MR) is 137 cm³/mol. The Balaban J connectivity index is 1.80. The molecule has 1 unspecified atom stereocenters. The molecule has 180 valence electrons. The molecule has 0 fully saturated rings. The number of amides is 1. The molecule has 0 saturated heterocycles. The van der Waals surface area contributed by atoms with Crippen LogP contribution in [0.15, 0.2) is 51.7 Å². The number of carbonyl (C=O) groups is 2. The van der Waals surface area contributed by atoms with E-state index in [-0.39, 0.29) is 11.4 Å². The van der Waals surface area contributed by atoms with Crippen LogP contribution >= 0.6 is 31.9 Å². The standard InChI is InChI=1S/C25H25Br2NO6/c1-14-9-21(29)33-23-15(2)22(18(11-20(14)23)10-19(27)12-26)34-24(30)16(3)28-25(31)32-13-17-7-5-4-6-8-17/h4-9,11,16,19H,10,12-13H2,1-3H3,(H,28,31)/t16-,19?/m1/s1. The van der Waals surface area contributed by atoms with Crippen molar-refractivity contribution < 1.29 is 23.5 Å². The van der Waals surface area contributed by atoms with Crippen LogP contribution in [-0.4, -0.2) is 28.3 Å². The lowest BCUT2D eigenvalue weighted by Gasteiger charge is -2.19. The Bertz CT molecular complexity index is 1240. The van der Waals surface area contributed by atoms with Gasteiger partial charge in [0.25, 0.3) is 0 Å². The van der Waals surface area contributed by atoms with Crippen LogP contribution in [0.1, 0.15) is 29.2 Å². The Morgan fingerprint density at radius 3 is 2.53 bits per heavy atom. The summed E-state index contributed by atoms with van der Waals surface area (Å²) in [6, 6.07) is 11.6. The highest BCUT2D eigenvalue weighted by Crippen LogP contribution is 2.34. The molecule has 34 heavy (non-hydrogen) atoms. The summed E-state index contributed by atoms with van der Waals surface area (Å²) in [4.78, 5) is 37.0. The zero-order chi connectivity index (χ0) is 24.8. The Labute approximate surface area is 214 Å². The molecule has 0 bridgehead atoms. The van der Waals surface area contributed by atoms with Gasteiger partial charge in [-0.2, -0.15) is 0 Å². The first-order chi connectivity index (χ1) is 16.2. The van der Waals surface area contributed by atoms with Crippen LogP contribution in [0.2, 0.25) is 0 Å². The van der Waals surface area contributed by atoms with Gasteiger partial charge >= 0.3 is 17.7 Å². The smallest absolute Gasteiger partial charge is 0.408 e. The predicted octanol–water partition coefficient (Wildman–Crippen LogP) is 5.33. The van der Waals surface area contributed by atoms with Crippen LogP contribution in [-0.2, 0) is 22.6 Å². The van der Waals surface area contributed by atoms with Crippen molar-refractivity contribution in [1.82, 2.24) is 5.32 Å². The number of carbonyl (C=O) groups excluding carboxylic acids is 2. The number of hydrogen-bond donors (Lipinski definition) is 1. The summed E-state index contributed by atoms with van der Waals surface area (Å²) in [6.45, 7) is 5.16. The minimum Gasteiger partial charge on any atom is -0.445 e. The monoisotopic (exact) mass is 593 g/mol. The van der Waals surface area contributed by atoms with Crippen molar-refractivity contribution in [3.8, 4) is 5.75 Å². The van der Waals surface area contributed by atoms with Crippen LogP contribution in [0.5, 0.6) is 5.75 Å².